The summed E-state index contributed by atoms with van der Waals surface area (Å²) < 4.78 is 39.1. The van der Waals surface area contributed by atoms with Gasteiger partial charge >= 0.3 is 6.18 Å². The van der Waals surface area contributed by atoms with Crippen LogP contribution in [0, 0.1) is 6.92 Å². The van der Waals surface area contributed by atoms with Crippen molar-refractivity contribution >= 4 is 11.6 Å². The van der Waals surface area contributed by atoms with Crippen LogP contribution in [0.5, 0.6) is 0 Å². The number of hydrogen-bond donors (Lipinski definition) is 2. The van der Waals surface area contributed by atoms with E-state index < -0.39 is 17.3 Å². The molecule has 0 spiro atoms. The lowest BCUT2D eigenvalue weighted by Gasteiger charge is -2.08. The van der Waals surface area contributed by atoms with Crippen molar-refractivity contribution in [3.8, 4) is 5.82 Å². The topological polar surface area (TPSA) is 79.8 Å². The summed E-state index contributed by atoms with van der Waals surface area (Å²) in [5, 5.41) is 5.39. The predicted molar refractivity (Wildman–Crippen MR) is 107 cm³/mol. The summed E-state index contributed by atoms with van der Waals surface area (Å²) in [7, 11) is 0. The highest BCUT2D eigenvalue weighted by Gasteiger charge is 2.29. The number of nitrogens with one attached hydrogen (secondary N) is 2. The van der Waals surface area contributed by atoms with Crippen molar-refractivity contribution in [1.82, 2.24) is 14.8 Å². The van der Waals surface area contributed by atoms with Crippen LogP contribution in [-0.4, -0.2) is 20.7 Å². The van der Waals surface area contributed by atoms with Gasteiger partial charge in [0.05, 0.1) is 11.3 Å². The molecule has 30 heavy (non-hydrogen) atoms. The van der Waals surface area contributed by atoms with Crippen molar-refractivity contribution in [3.05, 3.63) is 75.3 Å². The van der Waals surface area contributed by atoms with E-state index in [1.54, 1.807) is 19.2 Å². The SMILES string of the molecule is CC(=O)Nc1c(C)[nH]n(-c2ccc(CCCc3ccc(C(F)(F)F)cc3)cn2)c1=O. The third-order valence-electron chi connectivity index (χ3n) is 4.62. The van der Waals surface area contributed by atoms with Gasteiger partial charge < -0.3 is 5.32 Å². The van der Waals surface area contributed by atoms with Gasteiger partial charge in [0.2, 0.25) is 5.91 Å². The molecule has 2 heterocycles. The molecular formula is C21H21F3N4O2. The van der Waals surface area contributed by atoms with Crippen molar-refractivity contribution < 1.29 is 18.0 Å². The first-order valence-corrected chi connectivity index (χ1v) is 9.36. The number of H-pyrrole nitrogens is 1. The first-order chi connectivity index (χ1) is 14.1. The lowest BCUT2D eigenvalue weighted by molar-refractivity contribution is -0.137. The first kappa shape index (κ1) is 21.4. The Hall–Kier alpha value is -3.36. The van der Waals surface area contributed by atoms with Crippen molar-refractivity contribution in [2.45, 2.75) is 39.3 Å². The van der Waals surface area contributed by atoms with E-state index in [0.29, 0.717) is 24.4 Å². The van der Waals surface area contributed by atoms with Gasteiger partial charge in [-0.25, -0.2) is 4.98 Å². The Bertz CT molecular complexity index is 1080. The minimum atomic E-state index is -4.32. The number of carbonyl (C=O) groups is 1. The minimum Gasteiger partial charge on any atom is -0.320 e. The Morgan fingerprint density at radius 1 is 1.10 bits per heavy atom. The number of alkyl halides is 3. The van der Waals surface area contributed by atoms with E-state index >= 15 is 0 Å². The van der Waals surface area contributed by atoms with Crippen LogP contribution in [0.3, 0.4) is 0 Å². The maximum atomic E-state index is 12.6. The Morgan fingerprint density at radius 2 is 1.73 bits per heavy atom. The standard InChI is InChI=1S/C21H21F3N4O2/c1-13-19(26-14(2)29)20(30)28(27-13)18-11-8-16(12-25-18)5-3-4-15-6-9-17(10-7-15)21(22,23)24/h6-12,27H,3-5H2,1-2H3,(H,26,29). The van der Waals surface area contributed by atoms with E-state index in [2.05, 4.69) is 15.4 Å². The maximum Gasteiger partial charge on any atom is 0.416 e. The summed E-state index contributed by atoms with van der Waals surface area (Å²) in [4.78, 5) is 28.0. The van der Waals surface area contributed by atoms with E-state index in [1.165, 1.54) is 23.7 Å². The maximum absolute atomic E-state index is 12.6. The molecule has 2 aromatic heterocycles. The first-order valence-electron chi connectivity index (χ1n) is 9.36. The second kappa shape index (κ2) is 8.56. The number of hydrogen-bond acceptors (Lipinski definition) is 3. The van der Waals surface area contributed by atoms with Crippen molar-refractivity contribution in [2.75, 3.05) is 5.32 Å². The van der Waals surface area contributed by atoms with Crippen molar-refractivity contribution in [2.24, 2.45) is 0 Å². The molecule has 2 N–H and O–H groups in total. The van der Waals surface area contributed by atoms with Crippen molar-refractivity contribution in [1.29, 1.82) is 0 Å². The Morgan fingerprint density at radius 3 is 2.30 bits per heavy atom. The molecule has 158 valence electrons. The average molecular weight is 418 g/mol. The fourth-order valence-corrected chi connectivity index (χ4v) is 3.09. The molecule has 3 aromatic rings. The van der Waals surface area contributed by atoms with Gasteiger partial charge in [0, 0.05) is 13.1 Å². The molecule has 3 rings (SSSR count). The number of aromatic amines is 1. The molecule has 0 fully saturated rings. The van der Waals surface area contributed by atoms with Crippen LogP contribution in [-0.2, 0) is 23.8 Å². The highest BCUT2D eigenvalue weighted by molar-refractivity contribution is 5.89. The zero-order chi connectivity index (χ0) is 21.9. The molecule has 0 bridgehead atoms. The summed E-state index contributed by atoms with van der Waals surface area (Å²) in [6.07, 6.45) is -0.572. The highest BCUT2D eigenvalue weighted by Crippen LogP contribution is 2.29. The van der Waals surface area contributed by atoms with Gasteiger partial charge in [-0.05, 0) is 55.5 Å². The van der Waals surface area contributed by atoms with Gasteiger partial charge in [-0.2, -0.15) is 17.9 Å². The van der Waals surface area contributed by atoms with Gasteiger partial charge in [0.25, 0.3) is 5.56 Å². The lowest BCUT2D eigenvalue weighted by atomic mass is 10.0. The lowest BCUT2D eigenvalue weighted by Crippen LogP contribution is -2.20. The average Bonchev–Trinajstić information content (AvgIpc) is 2.96. The van der Waals surface area contributed by atoms with Crippen LogP contribution >= 0.6 is 0 Å². The molecule has 0 aliphatic carbocycles. The van der Waals surface area contributed by atoms with Crippen LogP contribution in [0.15, 0.2) is 47.4 Å². The van der Waals surface area contributed by atoms with Crippen LogP contribution in [0.1, 0.15) is 35.7 Å². The molecule has 0 aliphatic heterocycles. The summed E-state index contributed by atoms with van der Waals surface area (Å²) in [5.74, 6) is 0.0592. The summed E-state index contributed by atoms with van der Waals surface area (Å²) in [5.41, 5.74) is 1.45. The van der Waals surface area contributed by atoms with Gasteiger partial charge in [-0.1, -0.05) is 18.2 Å². The second-order valence-corrected chi connectivity index (χ2v) is 7.01. The number of nitrogens with zero attached hydrogens (tertiary/aromatic N) is 2. The monoisotopic (exact) mass is 418 g/mol. The molecule has 9 heteroatoms. The Kier molecular flexibility index (Phi) is 6.09. The van der Waals surface area contributed by atoms with Crippen LogP contribution in [0.4, 0.5) is 18.9 Å². The molecule has 0 saturated carbocycles. The number of anilines is 1. The fourth-order valence-electron chi connectivity index (χ4n) is 3.09. The molecule has 0 saturated heterocycles. The van der Waals surface area contributed by atoms with Crippen LogP contribution in [0.25, 0.3) is 5.82 Å². The summed E-state index contributed by atoms with van der Waals surface area (Å²) in [6, 6.07) is 8.72. The number of halogens is 3. The van der Waals surface area contributed by atoms with Gasteiger partial charge in [-0.15, -0.1) is 0 Å². The van der Waals surface area contributed by atoms with Crippen LogP contribution < -0.4 is 10.9 Å². The van der Waals surface area contributed by atoms with E-state index in [4.69, 9.17) is 0 Å². The third-order valence-corrected chi connectivity index (χ3v) is 4.62. The van der Waals surface area contributed by atoms with E-state index in [1.807, 2.05) is 6.07 Å². The van der Waals surface area contributed by atoms with Gasteiger partial charge in [-0.3, -0.25) is 14.7 Å². The number of pyridine rings is 1. The van der Waals surface area contributed by atoms with E-state index in [9.17, 15) is 22.8 Å². The number of amides is 1. The zero-order valence-electron chi connectivity index (χ0n) is 16.5. The number of carbonyl (C=O) groups excluding carboxylic acids is 1. The van der Waals surface area contributed by atoms with Gasteiger partial charge in [0.1, 0.15) is 5.69 Å². The number of benzene rings is 1. The molecule has 0 aliphatic rings. The van der Waals surface area contributed by atoms with E-state index in [-0.39, 0.29) is 11.6 Å². The second-order valence-electron chi connectivity index (χ2n) is 7.01. The summed E-state index contributed by atoms with van der Waals surface area (Å²) in [6.45, 7) is 3.01. The molecular weight excluding hydrogens is 397 g/mol. The zero-order valence-corrected chi connectivity index (χ0v) is 16.5. The fraction of sp³-hybridized carbons (Fsp3) is 0.286. The Labute approximate surface area is 170 Å². The van der Waals surface area contributed by atoms with Gasteiger partial charge in [0.15, 0.2) is 5.82 Å². The molecule has 0 unspecified atom stereocenters. The number of rotatable bonds is 6. The molecule has 0 atom stereocenters. The smallest absolute Gasteiger partial charge is 0.320 e. The molecule has 1 aromatic carbocycles. The third kappa shape index (κ3) is 4.97. The molecule has 6 nitrogen and oxygen atoms in total. The molecule has 1 amide bonds. The largest absolute Gasteiger partial charge is 0.416 e. The number of aromatic nitrogens is 3. The quantitative estimate of drug-likeness (QED) is 0.635. The predicted octanol–water partition coefficient (Wildman–Crippen LogP) is 4.02. The van der Waals surface area contributed by atoms with E-state index in [0.717, 1.165) is 29.7 Å². The molecule has 0 radical (unpaired) electrons. The normalized spacial score (nSPS) is 11.5. The minimum absolute atomic E-state index is 0.185. The summed E-state index contributed by atoms with van der Waals surface area (Å²) >= 11 is 0. The Balaban J connectivity index is 1.61. The number of aryl methyl sites for hydroxylation is 3. The highest BCUT2D eigenvalue weighted by atomic mass is 19.4. The van der Waals surface area contributed by atoms with Crippen molar-refractivity contribution in [3.63, 3.8) is 0 Å². The van der Waals surface area contributed by atoms with Crippen LogP contribution in [0.2, 0.25) is 0 Å².